The van der Waals surface area contributed by atoms with Crippen LogP contribution in [0.5, 0.6) is 11.5 Å². The molecule has 0 bridgehead atoms. The van der Waals surface area contributed by atoms with Crippen LogP contribution in [0.25, 0.3) is 0 Å². The Morgan fingerprint density at radius 3 is 2.44 bits per heavy atom. The van der Waals surface area contributed by atoms with Gasteiger partial charge in [-0.25, -0.2) is 0 Å². The van der Waals surface area contributed by atoms with E-state index in [1.807, 2.05) is 0 Å². The molecule has 1 N–H and O–H groups in total. The summed E-state index contributed by atoms with van der Waals surface area (Å²) in [5.74, 6) is 1.93. The summed E-state index contributed by atoms with van der Waals surface area (Å²) in [6.45, 7) is 7.50. The lowest BCUT2D eigenvalue weighted by molar-refractivity contribution is 0.359. The molecule has 100 valence electrons. The Morgan fingerprint density at radius 1 is 1.22 bits per heavy atom. The van der Waals surface area contributed by atoms with Gasteiger partial charge >= 0.3 is 0 Å². The summed E-state index contributed by atoms with van der Waals surface area (Å²) in [7, 11) is 3.47. The Hall–Kier alpha value is -1.22. The number of aryl methyl sites for hydroxylation is 1. The van der Waals surface area contributed by atoms with Crippen LogP contribution in [0, 0.1) is 13.8 Å². The topological polar surface area (TPSA) is 30.5 Å². The molecule has 3 nitrogen and oxygen atoms in total. The number of nitrogens with one attached hydrogen (secondary N) is 1. The van der Waals surface area contributed by atoms with E-state index in [1.165, 1.54) is 17.5 Å². The number of rotatable bonds is 3. The van der Waals surface area contributed by atoms with E-state index >= 15 is 0 Å². The highest BCUT2D eigenvalue weighted by Gasteiger charge is 2.35. The quantitative estimate of drug-likeness (QED) is 0.893. The Balaban J connectivity index is 2.66. The van der Waals surface area contributed by atoms with Crippen LogP contribution in [0.3, 0.4) is 0 Å². The number of benzene rings is 1. The van der Waals surface area contributed by atoms with Gasteiger partial charge in [0, 0.05) is 11.1 Å². The molecule has 1 fully saturated rings. The average Bonchev–Trinajstić information content (AvgIpc) is 2.78. The van der Waals surface area contributed by atoms with Crippen molar-refractivity contribution in [3.05, 3.63) is 22.8 Å². The first kappa shape index (κ1) is 13.2. The maximum Gasteiger partial charge on any atom is 0.127 e. The maximum atomic E-state index is 5.64. The van der Waals surface area contributed by atoms with Gasteiger partial charge in [-0.2, -0.15) is 0 Å². The van der Waals surface area contributed by atoms with Crippen LogP contribution in [0.2, 0.25) is 0 Å². The van der Waals surface area contributed by atoms with Crippen molar-refractivity contribution < 1.29 is 9.47 Å². The van der Waals surface area contributed by atoms with E-state index in [2.05, 4.69) is 32.2 Å². The first-order valence-electron chi connectivity index (χ1n) is 6.51. The number of hydrogen-bond donors (Lipinski definition) is 1. The van der Waals surface area contributed by atoms with Crippen LogP contribution in [0.1, 0.15) is 36.5 Å². The third-order valence-corrected chi connectivity index (χ3v) is 4.02. The van der Waals surface area contributed by atoms with Crippen molar-refractivity contribution in [1.82, 2.24) is 5.32 Å². The molecule has 0 amide bonds. The fourth-order valence-corrected chi connectivity index (χ4v) is 3.11. The van der Waals surface area contributed by atoms with Gasteiger partial charge in [0.2, 0.25) is 0 Å². The van der Waals surface area contributed by atoms with E-state index in [9.17, 15) is 0 Å². The predicted molar refractivity (Wildman–Crippen MR) is 73.6 cm³/mol. The summed E-state index contributed by atoms with van der Waals surface area (Å²) in [5, 5.41) is 3.61. The molecule has 18 heavy (non-hydrogen) atoms. The summed E-state index contributed by atoms with van der Waals surface area (Å²) in [6.07, 6.45) is 2.34. The first-order valence-corrected chi connectivity index (χ1v) is 6.51. The van der Waals surface area contributed by atoms with Crippen molar-refractivity contribution in [2.75, 3.05) is 20.8 Å². The number of hydrogen-bond acceptors (Lipinski definition) is 3. The van der Waals surface area contributed by atoms with Gasteiger partial charge in [-0.3, -0.25) is 0 Å². The van der Waals surface area contributed by atoms with Gasteiger partial charge in [0.15, 0.2) is 0 Å². The van der Waals surface area contributed by atoms with E-state index < -0.39 is 0 Å². The monoisotopic (exact) mass is 249 g/mol. The van der Waals surface area contributed by atoms with Crippen LogP contribution in [0.15, 0.2) is 6.07 Å². The van der Waals surface area contributed by atoms with Crippen molar-refractivity contribution in [3.8, 4) is 11.5 Å². The van der Waals surface area contributed by atoms with Crippen molar-refractivity contribution >= 4 is 0 Å². The summed E-state index contributed by atoms with van der Waals surface area (Å²) in [4.78, 5) is 0. The van der Waals surface area contributed by atoms with Crippen molar-refractivity contribution in [3.63, 3.8) is 0 Å². The fraction of sp³-hybridized carbons (Fsp3) is 0.600. The molecule has 1 aromatic carbocycles. The van der Waals surface area contributed by atoms with Gasteiger partial charge in [-0.1, -0.05) is 0 Å². The third-order valence-electron chi connectivity index (χ3n) is 4.02. The second-order valence-electron chi connectivity index (χ2n) is 5.29. The average molecular weight is 249 g/mol. The highest BCUT2D eigenvalue weighted by Crippen LogP contribution is 2.43. The van der Waals surface area contributed by atoms with Crippen LogP contribution >= 0.6 is 0 Å². The standard InChI is InChI=1S/C15H23NO2/c1-10-9-12(17-4)11(2)13(14(10)18-5)15(3)7-6-8-16-15/h9,16H,6-8H2,1-5H3. The SMILES string of the molecule is COc1cc(C)c(OC)c(C2(C)CCCN2)c1C. The lowest BCUT2D eigenvalue weighted by Crippen LogP contribution is -2.34. The van der Waals surface area contributed by atoms with E-state index in [4.69, 9.17) is 9.47 Å². The summed E-state index contributed by atoms with van der Waals surface area (Å²) in [6, 6.07) is 2.05. The van der Waals surface area contributed by atoms with Gasteiger partial charge in [0.05, 0.1) is 14.2 Å². The second-order valence-corrected chi connectivity index (χ2v) is 5.29. The molecule has 1 saturated heterocycles. The Kier molecular flexibility index (Phi) is 3.53. The fourth-order valence-electron chi connectivity index (χ4n) is 3.11. The molecule has 0 radical (unpaired) electrons. The molecule has 0 aromatic heterocycles. The minimum absolute atomic E-state index is 0.00523. The Bertz CT molecular complexity index is 448. The third kappa shape index (κ3) is 1.97. The molecule has 1 unspecified atom stereocenters. The molecule has 1 atom stereocenters. The van der Waals surface area contributed by atoms with Gasteiger partial charge in [0.25, 0.3) is 0 Å². The van der Waals surface area contributed by atoms with Crippen LogP contribution in [-0.2, 0) is 5.54 Å². The maximum absolute atomic E-state index is 5.64. The zero-order valence-electron chi connectivity index (χ0n) is 12.0. The minimum Gasteiger partial charge on any atom is -0.496 e. The molecule has 0 saturated carbocycles. The lowest BCUT2D eigenvalue weighted by atomic mass is 9.85. The van der Waals surface area contributed by atoms with E-state index in [0.717, 1.165) is 30.0 Å². The minimum atomic E-state index is -0.00523. The van der Waals surface area contributed by atoms with Crippen LogP contribution in [-0.4, -0.2) is 20.8 Å². The van der Waals surface area contributed by atoms with Crippen molar-refractivity contribution in [2.24, 2.45) is 0 Å². The summed E-state index contributed by atoms with van der Waals surface area (Å²) < 4.78 is 11.1. The largest absolute Gasteiger partial charge is 0.496 e. The molecule has 0 spiro atoms. The lowest BCUT2D eigenvalue weighted by Gasteiger charge is -2.30. The highest BCUT2D eigenvalue weighted by atomic mass is 16.5. The van der Waals surface area contributed by atoms with Crippen LogP contribution < -0.4 is 14.8 Å². The zero-order valence-corrected chi connectivity index (χ0v) is 12.0. The zero-order chi connectivity index (χ0) is 13.3. The summed E-state index contributed by atoms with van der Waals surface area (Å²) >= 11 is 0. The van der Waals surface area contributed by atoms with Gasteiger partial charge < -0.3 is 14.8 Å². The molecule has 1 heterocycles. The number of methoxy groups -OCH3 is 2. The molecular formula is C15H23NO2. The summed E-state index contributed by atoms with van der Waals surface area (Å²) in [5.41, 5.74) is 3.55. The molecular weight excluding hydrogens is 226 g/mol. The smallest absolute Gasteiger partial charge is 0.127 e. The normalized spacial score (nSPS) is 23.2. The molecule has 2 rings (SSSR count). The predicted octanol–water partition coefficient (Wildman–Crippen LogP) is 2.92. The van der Waals surface area contributed by atoms with E-state index in [0.29, 0.717) is 0 Å². The Labute approximate surface area is 109 Å². The molecule has 1 aromatic rings. The Morgan fingerprint density at radius 2 is 1.94 bits per heavy atom. The highest BCUT2D eigenvalue weighted by molar-refractivity contribution is 5.56. The van der Waals surface area contributed by atoms with Gasteiger partial charge in [-0.05, 0) is 57.4 Å². The van der Waals surface area contributed by atoms with Crippen molar-refractivity contribution in [1.29, 1.82) is 0 Å². The van der Waals surface area contributed by atoms with Crippen LogP contribution in [0.4, 0.5) is 0 Å². The number of ether oxygens (including phenoxy) is 2. The van der Waals surface area contributed by atoms with Gasteiger partial charge in [-0.15, -0.1) is 0 Å². The van der Waals surface area contributed by atoms with Crippen molar-refractivity contribution in [2.45, 2.75) is 39.2 Å². The molecule has 0 aliphatic carbocycles. The molecule has 3 heteroatoms. The van der Waals surface area contributed by atoms with E-state index in [-0.39, 0.29) is 5.54 Å². The van der Waals surface area contributed by atoms with Gasteiger partial charge in [0.1, 0.15) is 11.5 Å². The first-order chi connectivity index (χ1) is 8.53. The second kappa shape index (κ2) is 4.81. The van der Waals surface area contributed by atoms with E-state index in [1.54, 1.807) is 14.2 Å². The molecule has 1 aliphatic rings. The molecule has 1 aliphatic heterocycles.